The molecule has 7 heteroatoms. The average Bonchev–Trinajstić information content (AvgIpc) is 3.10. The van der Waals surface area contributed by atoms with Crippen molar-refractivity contribution in [2.24, 2.45) is 0 Å². The third kappa shape index (κ3) is 3.40. The minimum atomic E-state index is -0.243. The van der Waals surface area contributed by atoms with Crippen LogP contribution in [-0.2, 0) is 0 Å². The van der Waals surface area contributed by atoms with Crippen molar-refractivity contribution in [1.82, 2.24) is 14.5 Å². The average molecular weight is 373 g/mol. The molecule has 116 valence electrons. The molecule has 2 aromatic heterocycles. The Morgan fingerprint density at radius 1 is 1.30 bits per heavy atom. The van der Waals surface area contributed by atoms with Crippen LogP contribution in [-0.4, -0.2) is 27.6 Å². The van der Waals surface area contributed by atoms with Gasteiger partial charge in [0.25, 0.3) is 5.91 Å². The van der Waals surface area contributed by atoms with Crippen molar-refractivity contribution < 1.29 is 9.53 Å². The topological polar surface area (TPSA) is 69.0 Å². The maximum absolute atomic E-state index is 12.4. The van der Waals surface area contributed by atoms with Gasteiger partial charge in [0.15, 0.2) is 0 Å². The van der Waals surface area contributed by atoms with Crippen molar-refractivity contribution in [2.45, 2.75) is 0 Å². The second-order valence-corrected chi connectivity index (χ2v) is 5.53. The highest BCUT2D eigenvalue weighted by molar-refractivity contribution is 9.10. The van der Waals surface area contributed by atoms with Crippen molar-refractivity contribution in [3.8, 4) is 11.6 Å². The van der Waals surface area contributed by atoms with E-state index >= 15 is 0 Å². The van der Waals surface area contributed by atoms with E-state index < -0.39 is 0 Å². The van der Waals surface area contributed by atoms with E-state index in [-0.39, 0.29) is 5.91 Å². The number of rotatable bonds is 4. The molecule has 3 aromatic rings. The van der Waals surface area contributed by atoms with E-state index in [1.54, 1.807) is 66.9 Å². The molecule has 0 spiro atoms. The number of hydrogen-bond acceptors (Lipinski definition) is 4. The van der Waals surface area contributed by atoms with Crippen LogP contribution >= 0.6 is 15.9 Å². The number of nitrogens with one attached hydrogen (secondary N) is 1. The lowest BCUT2D eigenvalue weighted by Crippen LogP contribution is -2.13. The third-order valence-electron chi connectivity index (χ3n) is 3.19. The van der Waals surface area contributed by atoms with Gasteiger partial charge >= 0.3 is 0 Å². The number of pyridine rings is 1. The number of anilines is 1. The number of carbonyl (C=O) groups is 1. The minimum Gasteiger partial charge on any atom is -0.497 e. The number of benzene rings is 1. The van der Waals surface area contributed by atoms with Crippen LogP contribution in [0, 0.1) is 0 Å². The summed E-state index contributed by atoms with van der Waals surface area (Å²) in [5.74, 6) is 1.10. The first-order valence-corrected chi connectivity index (χ1v) is 7.56. The second kappa shape index (κ2) is 6.62. The van der Waals surface area contributed by atoms with E-state index in [0.29, 0.717) is 21.5 Å². The fourth-order valence-corrected chi connectivity index (χ4v) is 2.44. The molecule has 1 aromatic carbocycles. The van der Waals surface area contributed by atoms with Gasteiger partial charge in [-0.05, 0) is 46.3 Å². The van der Waals surface area contributed by atoms with Crippen molar-refractivity contribution in [1.29, 1.82) is 0 Å². The van der Waals surface area contributed by atoms with Crippen LogP contribution in [0.2, 0.25) is 0 Å². The minimum absolute atomic E-state index is 0.243. The Morgan fingerprint density at radius 2 is 2.17 bits per heavy atom. The van der Waals surface area contributed by atoms with E-state index in [1.807, 2.05) is 0 Å². The molecule has 0 aliphatic rings. The lowest BCUT2D eigenvalue weighted by molar-refractivity contribution is 0.102. The van der Waals surface area contributed by atoms with E-state index in [0.717, 1.165) is 5.82 Å². The largest absolute Gasteiger partial charge is 0.497 e. The van der Waals surface area contributed by atoms with Gasteiger partial charge in [0.1, 0.15) is 17.9 Å². The van der Waals surface area contributed by atoms with Gasteiger partial charge < -0.3 is 10.1 Å². The molecule has 0 fully saturated rings. The summed E-state index contributed by atoms with van der Waals surface area (Å²) in [5, 5.41) is 2.81. The predicted octanol–water partition coefficient (Wildman–Crippen LogP) is 3.29. The maximum atomic E-state index is 12.4. The van der Waals surface area contributed by atoms with Gasteiger partial charge in [-0.25, -0.2) is 9.97 Å². The molecule has 3 rings (SSSR count). The van der Waals surface area contributed by atoms with Gasteiger partial charge in [-0.15, -0.1) is 0 Å². The first kappa shape index (κ1) is 15.2. The normalized spacial score (nSPS) is 10.3. The molecular formula is C16H13BrN4O2. The molecule has 23 heavy (non-hydrogen) atoms. The third-order valence-corrected chi connectivity index (χ3v) is 3.88. The van der Waals surface area contributed by atoms with Crippen LogP contribution in [0.1, 0.15) is 10.4 Å². The van der Waals surface area contributed by atoms with Crippen LogP contribution in [0.25, 0.3) is 5.82 Å². The number of aromatic nitrogens is 3. The van der Waals surface area contributed by atoms with Crippen molar-refractivity contribution in [3.63, 3.8) is 0 Å². The molecule has 2 heterocycles. The number of imidazole rings is 1. The SMILES string of the molecule is COc1ccc(Br)c(C(=O)Nc2ccc(-n3ccnc3)nc2)c1. The number of carbonyl (C=O) groups excluding carboxylic acids is 1. The maximum Gasteiger partial charge on any atom is 0.256 e. The smallest absolute Gasteiger partial charge is 0.256 e. The summed E-state index contributed by atoms with van der Waals surface area (Å²) in [6.45, 7) is 0. The first-order chi connectivity index (χ1) is 11.2. The van der Waals surface area contributed by atoms with E-state index in [2.05, 4.69) is 31.2 Å². The summed E-state index contributed by atoms with van der Waals surface area (Å²) in [5.41, 5.74) is 1.09. The van der Waals surface area contributed by atoms with Crippen molar-refractivity contribution in [2.75, 3.05) is 12.4 Å². The highest BCUT2D eigenvalue weighted by Gasteiger charge is 2.12. The molecule has 0 saturated heterocycles. The van der Waals surface area contributed by atoms with Crippen LogP contribution < -0.4 is 10.1 Å². The van der Waals surface area contributed by atoms with Crippen LogP contribution in [0.4, 0.5) is 5.69 Å². The number of halogens is 1. The van der Waals surface area contributed by atoms with Crippen molar-refractivity contribution in [3.05, 3.63) is 65.3 Å². The van der Waals surface area contributed by atoms with E-state index in [1.165, 1.54) is 0 Å². The van der Waals surface area contributed by atoms with Crippen LogP contribution in [0.3, 0.4) is 0 Å². The Balaban J connectivity index is 1.78. The number of methoxy groups -OCH3 is 1. The van der Waals surface area contributed by atoms with Gasteiger partial charge in [-0.3, -0.25) is 9.36 Å². The number of hydrogen-bond donors (Lipinski definition) is 1. The number of amides is 1. The molecule has 0 aliphatic heterocycles. The zero-order valence-corrected chi connectivity index (χ0v) is 13.8. The zero-order valence-electron chi connectivity index (χ0n) is 12.2. The summed E-state index contributed by atoms with van der Waals surface area (Å²) in [6.07, 6.45) is 6.74. The van der Waals surface area contributed by atoms with Gasteiger partial charge in [0, 0.05) is 16.9 Å². The molecule has 0 aliphatic carbocycles. The van der Waals surface area contributed by atoms with Gasteiger partial charge in [-0.1, -0.05) is 0 Å². The molecule has 0 unspecified atom stereocenters. The van der Waals surface area contributed by atoms with Crippen LogP contribution in [0.5, 0.6) is 5.75 Å². The summed E-state index contributed by atoms with van der Waals surface area (Å²) in [4.78, 5) is 20.6. The number of nitrogens with zero attached hydrogens (tertiary/aromatic N) is 3. The van der Waals surface area contributed by atoms with E-state index in [4.69, 9.17) is 4.74 Å². The second-order valence-electron chi connectivity index (χ2n) is 4.67. The van der Waals surface area contributed by atoms with Crippen LogP contribution in [0.15, 0.2) is 59.7 Å². The fourth-order valence-electron chi connectivity index (χ4n) is 2.01. The molecule has 0 atom stereocenters. The lowest BCUT2D eigenvalue weighted by Gasteiger charge is -2.09. The summed E-state index contributed by atoms with van der Waals surface area (Å²) in [7, 11) is 1.56. The first-order valence-electron chi connectivity index (χ1n) is 6.76. The fraction of sp³-hybridized carbons (Fsp3) is 0.0625. The summed E-state index contributed by atoms with van der Waals surface area (Å²) >= 11 is 3.37. The number of ether oxygens (including phenoxy) is 1. The molecule has 0 radical (unpaired) electrons. The molecular weight excluding hydrogens is 360 g/mol. The summed E-state index contributed by atoms with van der Waals surface area (Å²) < 4.78 is 7.62. The van der Waals surface area contributed by atoms with Crippen molar-refractivity contribution >= 4 is 27.5 Å². The van der Waals surface area contributed by atoms with Gasteiger partial charge in [0.2, 0.25) is 0 Å². The zero-order chi connectivity index (χ0) is 16.2. The highest BCUT2D eigenvalue weighted by Crippen LogP contribution is 2.23. The molecule has 6 nitrogen and oxygen atoms in total. The predicted molar refractivity (Wildman–Crippen MR) is 90.0 cm³/mol. The van der Waals surface area contributed by atoms with E-state index in [9.17, 15) is 4.79 Å². The molecule has 1 amide bonds. The standard InChI is InChI=1S/C16H13BrN4O2/c1-23-12-3-4-14(17)13(8-12)16(22)20-11-2-5-15(19-9-11)21-7-6-18-10-21/h2-10H,1H3,(H,20,22). The quantitative estimate of drug-likeness (QED) is 0.762. The molecule has 0 saturated carbocycles. The lowest BCUT2D eigenvalue weighted by atomic mass is 10.2. The Morgan fingerprint density at radius 3 is 2.83 bits per heavy atom. The Kier molecular flexibility index (Phi) is 4.38. The van der Waals surface area contributed by atoms with Gasteiger partial charge in [-0.2, -0.15) is 0 Å². The monoisotopic (exact) mass is 372 g/mol. The molecule has 1 N–H and O–H groups in total. The van der Waals surface area contributed by atoms with Gasteiger partial charge in [0.05, 0.1) is 24.6 Å². The summed E-state index contributed by atoms with van der Waals surface area (Å²) in [6, 6.07) is 8.81. The molecule has 0 bridgehead atoms. The Bertz CT molecular complexity index is 817. The Labute approximate surface area is 141 Å². The highest BCUT2D eigenvalue weighted by atomic mass is 79.9. The Hall–Kier alpha value is -2.67.